The van der Waals surface area contributed by atoms with E-state index in [1.165, 1.54) is 0 Å². The van der Waals surface area contributed by atoms with Gasteiger partial charge in [0.15, 0.2) is 0 Å². The van der Waals surface area contributed by atoms with E-state index in [-0.39, 0.29) is 5.91 Å². The molecule has 2 heterocycles. The van der Waals surface area contributed by atoms with Gasteiger partial charge in [0.2, 0.25) is 0 Å². The van der Waals surface area contributed by atoms with Crippen LogP contribution in [0.3, 0.4) is 0 Å². The van der Waals surface area contributed by atoms with Crippen LogP contribution < -0.4 is 0 Å². The number of benzene rings is 1. The van der Waals surface area contributed by atoms with Crippen LogP contribution in [-0.4, -0.2) is 41.9 Å². The van der Waals surface area contributed by atoms with Crippen LogP contribution in [0.25, 0.3) is 0 Å². The maximum Gasteiger partial charge on any atom is 0.253 e. The fourth-order valence-electron chi connectivity index (χ4n) is 2.54. The Bertz CT molecular complexity index is 604. The number of rotatable bonds is 3. The second-order valence-corrected chi connectivity index (χ2v) is 6.07. The van der Waals surface area contributed by atoms with E-state index in [1.807, 2.05) is 41.3 Å². The van der Waals surface area contributed by atoms with Crippen molar-refractivity contribution in [3.63, 3.8) is 0 Å². The number of hydrogen-bond acceptors (Lipinski definition) is 3. The molecule has 1 aliphatic rings. The molecule has 1 saturated heterocycles. The quantitative estimate of drug-likeness (QED) is 0.855. The highest BCUT2D eigenvalue weighted by atomic mass is 79.9. The molecule has 2 aromatic rings. The second kappa shape index (κ2) is 6.45. The summed E-state index contributed by atoms with van der Waals surface area (Å²) in [4.78, 5) is 16.7. The normalized spacial score (nSPS) is 16.1. The Hall–Kier alpha value is -1.59. The highest BCUT2D eigenvalue weighted by Gasteiger charge is 2.22. The van der Waals surface area contributed by atoms with Gasteiger partial charge in [-0.3, -0.25) is 9.69 Å². The lowest BCUT2D eigenvalue weighted by atomic mass is 10.2. The van der Waals surface area contributed by atoms with Gasteiger partial charge in [-0.05, 0) is 30.3 Å². The van der Waals surface area contributed by atoms with Gasteiger partial charge in [0.25, 0.3) is 5.91 Å². The maximum absolute atomic E-state index is 12.4. The van der Waals surface area contributed by atoms with Crippen molar-refractivity contribution >= 4 is 21.8 Å². The lowest BCUT2D eigenvalue weighted by molar-refractivity contribution is 0.0620. The molecule has 21 heavy (non-hydrogen) atoms. The molecule has 1 aromatic heterocycles. The average molecular weight is 349 g/mol. The van der Waals surface area contributed by atoms with Crippen LogP contribution in [0.4, 0.5) is 0 Å². The zero-order valence-electron chi connectivity index (χ0n) is 11.7. The van der Waals surface area contributed by atoms with E-state index < -0.39 is 0 Å². The van der Waals surface area contributed by atoms with Gasteiger partial charge < -0.3 is 9.32 Å². The second-order valence-electron chi connectivity index (χ2n) is 5.16. The first-order valence-corrected chi connectivity index (χ1v) is 7.81. The van der Waals surface area contributed by atoms with Gasteiger partial charge in [-0.1, -0.05) is 22.0 Å². The van der Waals surface area contributed by atoms with Crippen molar-refractivity contribution in [1.82, 2.24) is 9.80 Å². The van der Waals surface area contributed by atoms with E-state index >= 15 is 0 Å². The molecule has 1 fully saturated rings. The SMILES string of the molecule is O=C(c1cccc(Br)c1)N1CCN(Cc2ccco2)CC1. The number of furan rings is 1. The number of amides is 1. The van der Waals surface area contributed by atoms with E-state index in [1.54, 1.807) is 6.26 Å². The summed E-state index contributed by atoms with van der Waals surface area (Å²) in [5.74, 6) is 1.08. The van der Waals surface area contributed by atoms with E-state index in [9.17, 15) is 4.79 Å². The minimum absolute atomic E-state index is 0.106. The van der Waals surface area contributed by atoms with Gasteiger partial charge in [-0.15, -0.1) is 0 Å². The summed E-state index contributed by atoms with van der Waals surface area (Å²) in [7, 11) is 0. The predicted molar refractivity (Wildman–Crippen MR) is 84.0 cm³/mol. The first kappa shape index (κ1) is 14.4. The van der Waals surface area contributed by atoms with Crippen LogP contribution in [0.5, 0.6) is 0 Å². The summed E-state index contributed by atoms with van der Waals surface area (Å²) in [6, 6.07) is 11.4. The van der Waals surface area contributed by atoms with Crippen molar-refractivity contribution in [3.8, 4) is 0 Å². The van der Waals surface area contributed by atoms with Gasteiger partial charge in [-0.2, -0.15) is 0 Å². The van der Waals surface area contributed by atoms with Crippen LogP contribution in [0.2, 0.25) is 0 Å². The molecule has 0 aliphatic carbocycles. The third-order valence-electron chi connectivity index (χ3n) is 3.69. The Kier molecular flexibility index (Phi) is 4.41. The molecule has 0 saturated carbocycles. The van der Waals surface area contributed by atoms with E-state index in [0.717, 1.165) is 48.5 Å². The Labute approximate surface area is 132 Å². The highest BCUT2D eigenvalue weighted by molar-refractivity contribution is 9.10. The van der Waals surface area contributed by atoms with Gasteiger partial charge >= 0.3 is 0 Å². The van der Waals surface area contributed by atoms with Crippen molar-refractivity contribution < 1.29 is 9.21 Å². The number of piperazine rings is 1. The summed E-state index contributed by atoms with van der Waals surface area (Å²) in [5.41, 5.74) is 0.740. The lowest BCUT2D eigenvalue weighted by Gasteiger charge is -2.34. The molecule has 1 amide bonds. The minimum Gasteiger partial charge on any atom is -0.468 e. The highest BCUT2D eigenvalue weighted by Crippen LogP contribution is 2.15. The largest absolute Gasteiger partial charge is 0.468 e. The summed E-state index contributed by atoms with van der Waals surface area (Å²) in [5, 5.41) is 0. The zero-order chi connectivity index (χ0) is 14.7. The fourth-order valence-corrected chi connectivity index (χ4v) is 2.94. The molecule has 0 atom stereocenters. The van der Waals surface area contributed by atoms with Gasteiger partial charge in [0, 0.05) is 36.2 Å². The topological polar surface area (TPSA) is 36.7 Å². The van der Waals surface area contributed by atoms with Gasteiger partial charge in [-0.25, -0.2) is 0 Å². The molecule has 4 nitrogen and oxygen atoms in total. The molecule has 0 unspecified atom stereocenters. The van der Waals surface area contributed by atoms with Crippen molar-refractivity contribution in [2.24, 2.45) is 0 Å². The number of hydrogen-bond donors (Lipinski definition) is 0. The fraction of sp³-hybridized carbons (Fsp3) is 0.312. The van der Waals surface area contributed by atoms with Crippen molar-refractivity contribution in [2.45, 2.75) is 6.54 Å². The Morgan fingerprint density at radius 1 is 1.14 bits per heavy atom. The molecular formula is C16H17BrN2O2. The van der Waals surface area contributed by atoms with Crippen LogP contribution in [0.1, 0.15) is 16.1 Å². The molecule has 1 aliphatic heterocycles. The zero-order valence-corrected chi connectivity index (χ0v) is 13.3. The maximum atomic E-state index is 12.4. The van der Waals surface area contributed by atoms with Crippen LogP contribution >= 0.6 is 15.9 Å². The molecule has 5 heteroatoms. The molecule has 110 valence electrons. The number of carbonyl (C=O) groups excluding carboxylic acids is 1. The Morgan fingerprint density at radius 2 is 1.95 bits per heavy atom. The summed E-state index contributed by atoms with van der Waals surface area (Å²) in [6.45, 7) is 4.07. The first-order valence-electron chi connectivity index (χ1n) is 7.02. The molecule has 0 spiro atoms. The van der Waals surface area contributed by atoms with E-state index in [2.05, 4.69) is 20.8 Å². The summed E-state index contributed by atoms with van der Waals surface area (Å²) in [6.07, 6.45) is 1.70. The average Bonchev–Trinajstić information content (AvgIpc) is 3.00. The number of carbonyl (C=O) groups is 1. The van der Waals surface area contributed by atoms with Crippen LogP contribution in [0, 0.1) is 0 Å². The van der Waals surface area contributed by atoms with Gasteiger partial charge in [0.05, 0.1) is 12.8 Å². The summed E-state index contributed by atoms with van der Waals surface area (Å²) < 4.78 is 6.30. The minimum atomic E-state index is 0.106. The predicted octanol–water partition coefficient (Wildman–Crippen LogP) is 3.00. The molecule has 0 bridgehead atoms. The first-order chi connectivity index (χ1) is 10.2. The molecular weight excluding hydrogens is 332 g/mol. The molecule has 0 radical (unpaired) electrons. The van der Waals surface area contributed by atoms with Crippen molar-refractivity contribution in [1.29, 1.82) is 0 Å². The lowest BCUT2D eigenvalue weighted by Crippen LogP contribution is -2.48. The van der Waals surface area contributed by atoms with Crippen LogP contribution in [-0.2, 0) is 6.54 Å². The van der Waals surface area contributed by atoms with E-state index in [4.69, 9.17) is 4.42 Å². The summed E-state index contributed by atoms with van der Waals surface area (Å²) >= 11 is 3.41. The third-order valence-corrected chi connectivity index (χ3v) is 4.18. The monoisotopic (exact) mass is 348 g/mol. The van der Waals surface area contributed by atoms with Crippen LogP contribution in [0.15, 0.2) is 51.6 Å². The van der Waals surface area contributed by atoms with Crippen molar-refractivity contribution in [3.05, 3.63) is 58.5 Å². The standard InChI is InChI=1S/C16H17BrN2O2/c17-14-4-1-3-13(11-14)16(20)19-8-6-18(7-9-19)12-15-5-2-10-21-15/h1-5,10-11H,6-9,12H2. The van der Waals surface area contributed by atoms with Crippen molar-refractivity contribution in [2.75, 3.05) is 26.2 Å². The third kappa shape index (κ3) is 3.54. The smallest absolute Gasteiger partial charge is 0.253 e. The molecule has 1 aromatic carbocycles. The molecule has 0 N–H and O–H groups in total. The number of halogens is 1. The molecule has 3 rings (SSSR count). The Balaban J connectivity index is 1.57. The number of nitrogens with zero attached hydrogens (tertiary/aromatic N) is 2. The van der Waals surface area contributed by atoms with Gasteiger partial charge in [0.1, 0.15) is 5.76 Å². The van der Waals surface area contributed by atoms with E-state index in [0.29, 0.717) is 0 Å². The Morgan fingerprint density at radius 3 is 2.62 bits per heavy atom.